The van der Waals surface area contributed by atoms with E-state index in [9.17, 15) is 0 Å². The van der Waals surface area contributed by atoms with Crippen molar-refractivity contribution in [1.82, 2.24) is 9.80 Å². The maximum Gasteiger partial charge on any atom is 0.0443 e. The van der Waals surface area contributed by atoms with Gasteiger partial charge >= 0.3 is 0 Å². The van der Waals surface area contributed by atoms with Crippen molar-refractivity contribution in [2.45, 2.75) is 25.7 Å². The summed E-state index contributed by atoms with van der Waals surface area (Å²) in [6, 6.07) is 0. The molecule has 4 heteroatoms. The second kappa shape index (κ2) is 8.93. The van der Waals surface area contributed by atoms with Crippen LogP contribution in [0.25, 0.3) is 0 Å². The maximum absolute atomic E-state index is 8.83. The second-order valence-electron chi connectivity index (χ2n) is 4.54. The highest BCUT2D eigenvalue weighted by Crippen LogP contribution is 2.07. The zero-order valence-corrected chi connectivity index (χ0v) is 10.3. The molecule has 0 aromatic heterocycles. The Hall–Kier alpha value is -0.160. The van der Waals surface area contributed by atoms with Crippen molar-refractivity contribution in [2.75, 3.05) is 52.5 Å². The van der Waals surface area contributed by atoms with Crippen LogP contribution < -0.4 is 0 Å². The predicted molar refractivity (Wildman–Crippen MR) is 65.5 cm³/mol. The number of hydrogen-bond acceptors (Lipinski definition) is 4. The highest BCUT2D eigenvalue weighted by Gasteiger charge is 2.12. The first-order valence-electron chi connectivity index (χ1n) is 6.53. The molecule has 2 N–H and O–H groups in total. The molecule has 96 valence electrons. The van der Waals surface area contributed by atoms with Crippen LogP contribution in [0.3, 0.4) is 0 Å². The third-order valence-electron chi connectivity index (χ3n) is 3.20. The first-order chi connectivity index (χ1) is 7.86. The first kappa shape index (κ1) is 13.9. The standard InChI is InChI=1S/C12H26N2O2/c15-11-3-7-14(8-4-12-16)10-9-13-5-1-2-6-13/h15-16H,1-12H2. The van der Waals surface area contributed by atoms with Gasteiger partial charge in [0.05, 0.1) is 0 Å². The zero-order valence-electron chi connectivity index (χ0n) is 10.3. The summed E-state index contributed by atoms with van der Waals surface area (Å²) in [6.45, 7) is 7.12. The van der Waals surface area contributed by atoms with Gasteiger partial charge in [0.1, 0.15) is 0 Å². The van der Waals surface area contributed by atoms with E-state index in [1.807, 2.05) is 0 Å². The molecule has 0 bridgehead atoms. The predicted octanol–water partition coefficient (Wildman–Crippen LogP) is 0.149. The second-order valence-corrected chi connectivity index (χ2v) is 4.54. The van der Waals surface area contributed by atoms with Crippen LogP contribution >= 0.6 is 0 Å². The molecule has 0 aromatic carbocycles. The Morgan fingerprint density at radius 1 is 0.875 bits per heavy atom. The Balaban J connectivity index is 2.13. The minimum Gasteiger partial charge on any atom is -0.396 e. The normalized spacial score (nSPS) is 17.4. The fraction of sp³-hybridized carbons (Fsp3) is 1.00. The van der Waals surface area contributed by atoms with Gasteiger partial charge in [-0.1, -0.05) is 0 Å². The van der Waals surface area contributed by atoms with Gasteiger partial charge in [-0.15, -0.1) is 0 Å². The molecule has 0 spiro atoms. The van der Waals surface area contributed by atoms with E-state index in [0.717, 1.165) is 39.0 Å². The number of aliphatic hydroxyl groups excluding tert-OH is 2. The Kier molecular flexibility index (Phi) is 7.76. The molecule has 0 aromatic rings. The lowest BCUT2D eigenvalue weighted by atomic mass is 10.3. The highest BCUT2D eigenvalue weighted by molar-refractivity contribution is 4.68. The van der Waals surface area contributed by atoms with E-state index < -0.39 is 0 Å². The molecule has 0 radical (unpaired) electrons. The zero-order chi connectivity index (χ0) is 11.6. The molecule has 0 amide bonds. The number of hydrogen-bond donors (Lipinski definition) is 2. The molecule has 0 unspecified atom stereocenters. The van der Waals surface area contributed by atoms with E-state index in [1.165, 1.54) is 25.9 Å². The van der Waals surface area contributed by atoms with Gasteiger partial charge in [-0.05, 0) is 38.8 Å². The summed E-state index contributed by atoms with van der Waals surface area (Å²) in [5.41, 5.74) is 0. The molecule has 4 nitrogen and oxygen atoms in total. The van der Waals surface area contributed by atoms with Gasteiger partial charge in [-0.3, -0.25) is 0 Å². The Labute approximate surface area is 98.9 Å². The average molecular weight is 230 g/mol. The van der Waals surface area contributed by atoms with Gasteiger partial charge in [-0.25, -0.2) is 0 Å². The molecule has 1 aliphatic rings. The summed E-state index contributed by atoms with van der Waals surface area (Å²) in [5, 5.41) is 17.7. The van der Waals surface area contributed by atoms with E-state index in [4.69, 9.17) is 10.2 Å². The van der Waals surface area contributed by atoms with Gasteiger partial charge in [0, 0.05) is 39.4 Å². The SMILES string of the molecule is OCCCN(CCCO)CCN1CCCC1. The largest absolute Gasteiger partial charge is 0.396 e. The molecule has 1 aliphatic heterocycles. The summed E-state index contributed by atoms with van der Waals surface area (Å²) in [7, 11) is 0. The van der Waals surface area contributed by atoms with Crippen molar-refractivity contribution in [2.24, 2.45) is 0 Å². The monoisotopic (exact) mass is 230 g/mol. The molecular formula is C12H26N2O2. The van der Waals surface area contributed by atoms with E-state index >= 15 is 0 Å². The highest BCUT2D eigenvalue weighted by atomic mass is 16.3. The summed E-state index contributed by atoms with van der Waals surface area (Å²) in [6.07, 6.45) is 4.36. The molecule has 0 atom stereocenters. The molecule has 0 aliphatic carbocycles. The fourth-order valence-electron chi connectivity index (χ4n) is 2.21. The first-order valence-corrected chi connectivity index (χ1v) is 6.53. The molecule has 1 rings (SSSR count). The molecule has 1 saturated heterocycles. The Morgan fingerprint density at radius 3 is 1.94 bits per heavy atom. The van der Waals surface area contributed by atoms with Crippen LogP contribution in [0.1, 0.15) is 25.7 Å². The minimum atomic E-state index is 0.263. The summed E-state index contributed by atoms with van der Waals surface area (Å²) in [5.74, 6) is 0. The molecule has 0 saturated carbocycles. The van der Waals surface area contributed by atoms with E-state index in [0.29, 0.717) is 0 Å². The van der Waals surface area contributed by atoms with Crippen molar-refractivity contribution in [3.05, 3.63) is 0 Å². The lowest BCUT2D eigenvalue weighted by molar-refractivity contribution is 0.183. The molecule has 1 heterocycles. The topological polar surface area (TPSA) is 46.9 Å². The summed E-state index contributed by atoms with van der Waals surface area (Å²) < 4.78 is 0. The van der Waals surface area contributed by atoms with Crippen LogP contribution in [0.4, 0.5) is 0 Å². The molecule has 1 fully saturated rings. The third-order valence-corrected chi connectivity index (χ3v) is 3.20. The minimum absolute atomic E-state index is 0.263. The van der Waals surface area contributed by atoms with Gasteiger partial charge < -0.3 is 20.0 Å². The number of likely N-dealkylation sites (tertiary alicyclic amines) is 1. The summed E-state index contributed by atoms with van der Waals surface area (Å²) >= 11 is 0. The van der Waals surface area contributed by atoms with E-state index in [1.54, 1.807) is 0 Å². The van der Waals surface area contributed by atoms with Crippen molar-refractivity contribution < 1.29 is 10.2 Å². The van der Waals surface area contributed by atoms with Crippen LogP contribution in [0.2, 0.25) is 0 Å². The third kappa shape index (κ3) is 5.80. The van der Waals surface area contributed by atoms with Crippen LogP contribution in [0, 0.1) is 0 Å². The lowest BCUT2D eigenvalue weighted by Crippen LogP contribution is -2.35. The van der Waals surface area contributed by atoms with E-state index in [-0.39, 0.29) is 13.2 Å². The van der Waals surface area contributed by atoms with Gasteiger partial charge in [0.2, 0.25) is 0 Å². The smallest absolute Gasteiger partial charge is 0.0443 e. The fourth-order valence-corrected chi connectivity index (χ4v) is 2.21. The van der Waals surface area contributed by atoms with Crippen LogP contribution in [0.15, 0.2) is 0 Å². The number of rotatable bonds is 9. The maximum atomic E-state index is 8.83. The molecule has 16 heavy (non-hydrogen) atoms. The van der Waals surface area contributed by atoms with Crippen LogP contribution in [-0.2, 0) is 0 Å². The van der Waals surface area contributed by atoms with Crippen LogP contribution in [0.5, 0.6) is 0 Å². The van der Waals surface area contributed by atoms with Crippen molar-refractivity contribution in [3.8, 4) is 0 Å². The van der Waals surface area contributed by atoms with Crippen molar-refractivity contribution >= 4 is 0 Å². The Bertz CT molecular complexity index is 153. The van der Waals surface area contributed by atoms with Crippen molar-refractivity contribution in [3.63, 3.8) is 0 Å². The lowest BCUT2D eigenvalue weighted by Gasteiger charge is -2.24. The quantitative estimate of drug-likeness (QED) is 0.592. The van der Waals surface area contributed by atoms with Gasteiger partial charge in [-0.2, -0.15) is 0 Å². The van der Waals surface area contributed by atoms with Crippen molar-refractivity contribution in [1.29, 1.82) is 0 Å². The summed E-state index contributed by atoms with van der Waals surface area (Å²) in [4.78, 5) is 4.86. The Morgan fingerprint density at radius 2 is 1.44 bits per heavy atom. The van der Waals surface area contributed by atoms with Gasteiger partial charge in [0.25, 0.3) is 0 Å². The van der Waals surface area contributed by atoms with Gasteiger partial charge in [0.15, 0.2) is 0 Å². The average Bonchev–Trinajstić information content (AvgIpc) is 2.81. The van der Waals surface area contributed by atoms with E-state index in [2.05, 4.69) is 9.80 Å². The van der Waals surface area contributed by atoms with Crippen LogP contribution in [-0.4, -0.2) is 72.5 Å². The number of aliphatic hydroxyl groups is 2. The molecular weight excluding hydrogens is 204 g/mol. The number of nitrogens with zero attached hydrogens (tertiary/aromatic N) is 2.